The van der Waals surface area contributed by atoms with Gasteiger partial charge in [-0.05, 0) is 43.0 Å². The monoisotopic (exact) mass is 340 g/mol. The molecule has 1 fully saturated rings. The van der Waals surface area contributed by atoms with E-state index >= 15 is 0 Å². The van der Waals surface area contributed by atoms with Crippen LogP contribution in [0.3, 0.4) is 0 Å². The van der Waals surface area contributed by atoms with Crippen molar-refractivity contribution in [2.45, 2.75) is 32.1 Å². The van der Waals surface area contributed by atoms with Gasteiger partial charge in [-0.3, -0.25) is 9.78 Å². The molecule has 0 atom stereocenters. The fourth-order valence-electron chi connectivity index (χ4n) is 3.02. The topological polar surface area (TPSA) is 91.8 Å². The molecule has 0 radical (unpaired) electrons. The van der Waals surface area contributed by atoms with Gasteiger partial charge in [-0.2, -0.15) is 0 Å². The normalized spacial score (nSPS) is 14.2. The van der Waals surface area contributed by atoms with E-state index in [0.717, 1.165) is 5.69 Å². The lowest BCUT2D eigenvalue weighted by molar-refractivity contribution is -0.121. The molecular weight excluding hydrogens is 316 g/mol. The second kappa shape index (κ2) is 8.96. The third-order valence-corrected chi connectivity index (χ3v) is 4.32. The Morgan fingerprint density at radius 1 is 1.00 bits per heavy atom. The van der Waals surface area contributed by atoms with Crippen molar-refractivity contribution in [2.75, 3.05) is 23.7 Å². The minimum atomic E-state index is 0.150. The van der Waals surface area contributed by atoms with E-state index in [-0.39, 0.29) is 5.91 Å². The van der Waals surface area contributed by atoms with Gasteiger partial charge in [0.1, 0.15) is 5.82 Å². The van der Waals surface area contributed by atoms with Gasteiger partial charge in [-0.1, -0.05) is 12.8 Å². The molecule has 2 aromatic heterocycles. The van der Waals surface area contributed by atoms with Crippen LogP contribution in [0.5, 0.6) is 0 Å². The zero-order chi connectivity index (χ0) is 17.3. The maximum Gasteiger partial charge on any atom is 0.220 e. The largest absolute Gasteiger partial charge is 0.367 e. The number of hydrogen-bond acceptors (Lipinski definition) is 6. The van der Waals surface area contributed by atoms with Crippen molar-refractivity contribution in [1.29, 1.82) is 0 Å². The summed E-state index contributed by atoms with van der Waals surface area (Å²) in [5, 5.41) is 17.5. The van der Waals surface area contributed by atoms with Gasteiger partial charge < -0.3 is 16.0 Å². The molecule has 0 aromatic carbocycles. The van der Waals surface area contributed by atoms with Crippen molar-refractivity contribution in [3.8, 4) is 0 Å². The van der Waals surface area contributed by atoms with Crippen LogP contribution in [0.4, 0.5) is 17.3 Å². The number of anilines is 3. The van der Waals surface area contributed by atoms with Crippen LogP contribution in [0.1, 0.15) is 32.1 Å². The number of rotatable bonds is 8. The number of nitrogens with zero attached hydrogens (tertiary/aromatic N) is 3. The predicted molar refractivity (Wildman–Crippen MR) is 97.6 cm³/mol. The summed E-state index contributed by atoms with van der Waals surface area (Å²) in [7, 11) is 0. The van der Waals surface area contributed by atoms with E-state index in [0.29, 0.717) is 37.1 Å². The zero-order valence-electron chi connectivity index (χ0n) is 14.2. The van der Waals surface area contributed by atoms with E-state index in [4.69, 9.17) is 0 Å². The first-order chi connectivity index (χ1) is 12.3. The van der Waals surface area contributed by atoms with Gasteiger partial charge >= 0.3 is 0 Å². The van der Waals surface area contributed by atoms with Crippen LogP contribution in [0.2, 0.25) is 0 Å². The lowest BCUT2D eigenvalue weighted by Crippen LogP contribution is -2.30. The molecule has 3 rings (SSSR count). The van der Waals surface area contributed by atoms with Gasteiger partial charge in [-0.15, -0.1) is 10.2 Å². The molecule has 0 spiro atoms. The summed E-state index contributed by atoms with van der Waals surface area (Å²) in [4.78, 5) is 15.8. The molecule has 0 saturated heterocycles. The lowest BCUT2D eigenvalue weighted by atomic mass is 10.0. The minimum absolute atomic E-state index is 0.150. The van der Waals surface area contributed by atoms with Gasteiger partial charge in [0, 0.05) is 37.6 Å². The number of hydrogen-bond donors (Lipinski definition) is 3. The zero-order valence-corrected chi connectivity index (χ0v) is 14.2. The van der Waals surface area contributed by atoms with Gasteiger partial charge in [0.15, 0.2) is 5.82 Å². The van der Waals surface area contributed by atoms with Crippen LogP contribution >= 0.6 is 0 Å². The number of carbonyl (C=O) groups excluding carboxylic acids is 1. The van der Waals surface area contributed by atoms with Crippen LogP contribution < -0.4 is 16.0 Å². The molecule has 2 aromatic rings. The molecule has 1 amide bonds. The molecule has 7 nitrogen and oxygen atoms in total. The highest BCUT2D eigenvalue weighted by Gasteiger charge is 2.17. The number of carbonyl (C=O) groups is 1. The van der Waals surface area contributed by atoms with Gasteiger partial charge in [0.2, 0.25) is 5.91 Å². The summed E-state index contributed by atoms with van der Waals surface area (Å²) in [6.07, 6.45) is 9.02. The van der Waals surface area contributed by atoms with Crippen LogP contribution in [-0.2, 0) is 4.79 Å². The van der Waals surface area contributed by atoms with Gasteiger partial charge in [-0.25, -0.2) is 0 Å². The Bertz CT molecular complexity index is 655. The van der Waals surface area contributed by atoms with E-state index in [2.05, 4.69) is 31.1 Å². The van der Waals surface area contributed by atoms with E-state index < -0.39 is 0 Å². The van der Waals surface area contributed by atoms with Crippen molar-refractivity contribution in [3.63, 3.8) is 0 Å². The molecule has 132 valence electrons. The minimum Gasteiger partial charge on any atom is -0.367 e. The number of aromatic nitrogens is 3. The third kappa shape index (κ3) is 5.70. The highest BCUT2D eigenvalue weighted by atomic mass is 16.1. The van der Waals surface area contributed by atoms with E-state index in [9.17, 15) is 4.79 Å². The summed E-state index contributed by atoms with van der Waals surface area (Å²) in [6.45, 7) is 1.21. The standard InChI is InChI=1S/C18H24N6O/c25-18(13-14-3-1-2-4-14)21-12-11-20-16-5-6-17(24-23-16)22-15-7-9-19-10-8-15/h5-10,14H,1-4,11-13H2,(H,20,23)(H,21,25)(H,19,22,24). The molecule has 1 saturated carbocycles. The smallest absolute Gasteiger partial charge is 0.220 e. The molecule has 1 aliphatic rings. The summed E-state index contributed by atoms with van der Waals surface area (Å²) in [5.74, 6) is 2.09. The second-order valence-corrected chi connectivity index (χ2v) is 6.30. The quantitative estimate of drug-likeness (QED) is 0.640. The first-order valence-corrected chi connectivity index (χ1v) is 8.81. The summed E-state index contributed by atoms with van der Waals surface area (Å²) < 4.78 is 0. The van der Waals surface area contributed by atoms with Crippen LogP contribution in [0.15, 0.2) is 36.7 Å². The van der Waals surface area contributed by atoms with Crippen molar-refractivity contribution in [3.05, 3.63) is 36.7 Å². The maximum atomic E-state index is 11.8. The second-order valence-electron chi connectivity index (χ2n) is 6.30. The highest BCUT2D eigenvalue weighted by molar-refractivity contribution is 5.76. The molecule has 0 unspecified atom stereocenters. The molecular formula is C18H24N6O. The average Bonchev–Trinajstić information content (AvgIpc) is 3.14. The highest BCUT2D eigenvalue weighted by Crippen LogP contribution is 2.27. The third-order valence-electron chi connectivity index (χ3n) is 4.32. The van der Waals surface area contributed by atoms with Crippen molar-refractivity contribution in [2.24, 2.45) is 5.92 Å². The SMILES string of the molecule is O=C(CC1CCCC1)NCCNc1ccc(Nc2ccncc2)nn1. The Morgan fingerprint density at radius 3 is 2.44 bits per heavy atom. The van der Waals surface area contributed by atoms with Crippen LogP contribution in [0, 0.1) is 5.92 Å². The van der Waals surface area contributed by atoms with Crippen molar-refractivity contribution in [1.82, 2.24) is 20.5 Å². The Kier molecular flexibility index (Phi) is 6.14. The van der Waals surface area contributed by atoms with Gasteiger partial charge in [0.05, 0.1) is 0 Å². The van der Waals surface area contributed by atoms with Crippen molar-refractivity contribution >= 4 is 23.2 Å². The molecule has 7 heteroatoms. The Labute approximate surface area is 147 Å². The summed E-state index contributed by atoms with van der Waals surface area (Å²) >= 11 is 0. The lowest BCUT2D eigenvalue weighted by Gasteiger charge is -2.10. The average molecular weight is 340 g/mol. The maximum absolute atomic E-state index is 11.8. The fourth-order valence-corrected chi connectivity index (χ4v) is 3.02. The van der Waals surface area contributed by atoms with Crippen LogP contribution in [-0.4, -0.2) is 34.2 Å². The molecule has 0 bridgehead atoms. The number of nitrogens with one attached hydrogen (secondary N) is 3. The molecule has 2 heterocycles. The van der Waals surface area contributed by atoms with Crippen molar-refractivity contribution < 1.29 is 4.79 Å². The van der Waals surface area contributed by atoms with E-state index in [1.54, 1.807) is 12.4 Å². The first kappa shape index (κ1) is 17.1. The summed E-state index contributed by atoms with van der Waals surface area (Å²) in [6, 6.07) is 7.44. The Morgan fingerprint density at radius 2 is 1.72 bits per heavy atom. The first-order valence-electron chi connectivity index (χ1n) is 8.81. The Hall–Kier alpha value is -2.70. The Balaban J connectivity index is 1.35. The molecule has 1 aliphatic carbocycles. The van der Waals surface area contributed by atoms with E-state index in [1.165, 1.54) is 25.7 Å². The van der Waals surface area contributed by atoms with E-state index in [1.807, 2.05) is 24.3 Å². The number of pyridine rings is 1. The predicted octanol–water partition coefficient (Wildman–Crippen LogP) is 2.72. The summed E-state index contributed by atoms with van der Waals surface area (Å²) in [5.41, 5.74) is 0.912. The molecule has 25 heavy (non-hydrogen) atoms. The molecule has 0 aliphatic heterocycles. The molecule has 3 N–H and O–H groups in total. The number of amides is 1. The van der Waals surface area contributed by atoms with Crippen LogP contribution in [0.25, 0.3) is 0 Å². The fraction of sp³-hybridized carbons (Fsp3) is 0.444. The van der Waals surface area contributed by atoms with Gasteiger partial charge in [0.25, 0.3) is 0 Å².